The normalized spacial score (nSPS) is 15.0. The van der Waals surface area contributed by atoms with E-state index in [9.17, 15) is 4.79 Å². The first kappa shape index (κ1) is 21.0. The first-order chi connectivity index (χ1) is 14.0. The van der Waals surface area contributed by atoms with Gasteiger partial charge in [0.15, 0.2) is 6.10 Å². The number of amides is 1. The van der Waals surface area contributed by atoms with Gasteiger partial charge in [0.05, 0.1) is 20.3 Å². The van der Waals surface area contributed by atoms with E-state index in [4.69, 9.17) is 14.2 Å². The minimum Gasteiger partial charge on any atom is -0.497 e. The summed E-state index contributed by atoms with van der Waals surface area (Å²) in [5.74, 6) is 2.06. The topological polar surface area (TPSA) is 56.8 Å². The van der Waals surface area contributed by atoms with Gasteiger partial charge < -0.3 is 19.5 Å². The average molecular weight is 398 g/mol. The molecular weight excluding hydrogens is 366 g/mol. The molecule has 0 saturated carbocycles. The third kappa shape index (κ3) is 5.03. The van der Waals surface area contributed by atoms with E-state index in [1.165, 1.54) is 24.0 Å². The van der Waals surface area contributed by atoms with Gasteiger partial charge in [0.25, 0.3) is 5.91 Å². The molecule has 2 atom stereocenters. The molecule has 2 unspecified atom stereocenters. The number of ether oxygens (including phenoxy) is 3. The highest BCUT2D eigenvalue weighted by molar-refractivity contribution is 5.81. The van der Waals surface area contributed by atoms with Crippen molar-refractivity contribution in [1.29, 1.82) is 0 Å². The second kappa shape index (κ2) is 9.68. The molecule has 0 spiro atoms. The second-order valence-corrected chi connectivity index (χ2v) is 7.49. The lowest BCUT2D eigenvalue weighted by atomic mass is 9.92. The Bertz CT molecular complexity index is 849. The van der Waals surface area contributed by atoms with E-state index in [-0.39, 0.29) is 11.9 Å². The van der Waals surface area contributed by atoms with Gasteiger partial charge in [0, 0.05) is 5.56 Å². The highest BCUT2D eigenvalue weighted by Gasteiger charge is 2.23. The first-order valence-corrected chi connectivity index (χ1v) is 10.4. The van der Waals surface area contributed by atoms with Gasteiger partial charge in [-0.1, -0.05) is 13.0 Å². The molecule has 2 aromatic carbocycles. The molecule has 0 saturated heterocycles. The van der Waals surface area contributed by atoms with Crippen LogP contribution in [0, 0.1) is 0 Å². The molecule has 156 valence electrons. The minimum absolute atomic E-state index is 0.136. The Morgan fingerprint density at radius 1 is 1.00 bits per heavy atom. The molecule has 1 amide bonds. The average Bonchev–Trinajstić information content (AvgIpc) is 2.76. The Hall–Kier alpha value is -2.69. The summed E-state index contributed by atoms with van der Waals surface area (Å²) >= 11 is 0. The summed E-state index contributed by atoms with van der Waals surface area (Å²) in [6, 6.07) is 11.5. The van der Waals surface area contributed by atoms with Gasteiger partial charge in [-0.25, -0.2) is 0 Å². The summed E-state index contributed by atoms with van der Waals surface area (Å²) in [6.07, 6.45) is 4.73. The van der Waals surface area contributed by atoms with Crippen molar-refractivity contribution in [3.8, 4) is 17.2 Å². The van der Waals surface area contributed by atoms with Crippen LogP contribution in [0.2, 0.25) is 0 Å². The van der Waals surface area contributed by atoms with Crippen LogP contribution in [0.1, 0.15) is 55.8 Å². The lowest BCUT2D eigenvalue weighted by molar-refractivity contribution is -0.128. The summed E-state index contributed by atoms with van der Waals surface area (Å²) < 4.78 is 16.8. The lowest BCUT2D eigenvalue weighted by Crippen LogP contribution is -2.39. The van der Waals surface area contributed by atoms with Crippen LogP contribution in [0.5, 0.6) is 17.2 Å². The summed E-state index contributed by atoms with van der Waals surface area (Å²) in [4.78, 5) is 12.9. The second-order valence-electron chi connectivity index (χ2n) is 7.49. The molecule has 0 heterocycles. The molecule has 2 aromatic rings. The summed E-state index contributed by atoms with van der Waals surface area (Å²) in [5, 5.41) is 3.06. The number of aryl methyl sites for hydroxylation is 2. The highest BCUT2D eigenvalue weighted by atomic mass is 16.5. The Kier molecular flexibility index (Phi) is 7.02. The fourth-order valence-electron chi connectivity index (χ4n) is 3.83. The van der Waals surface area contributed by atoms with Gasteiger partial charge in [-0.05, 0) is 80.5 Å². The van der Waals surface area contributed by atoms with Crippen molar-refractivity contribution in [1.82, 2.24) is 5.32 Å². The third-order valence-corrected chi connectivity index (χ3v) is 5.52. The van der Waals surface area contributed by atoms with E-state index in [0.29, 0.717) is 12.2 Å². The van der Waals surface area contributed by atoms with Crippen molar-refractivity contribution in [2.45, 2.75) is 58.1 Å². The van der Waals surface area contributed by atoms with E-state index in [1.54, 1.807) is 14.2 Å². The number of carbonyl (C=O) groups is 1. The zero-order chi connectivity index (χ0) is 20.8. The zero-order valence-corrected chi connectivity index (χ0v) is 17.8. The Morgan fingerprint density at radius 3 is 2.41 bits per heavy atom. The molecule has 0 fully saturated rings. The molecule has 0 bridgehead atoms. The molecule has 29 heavy (non-hydrogen) atoms. The monoisotopic (exact) mass is 397 g/mol. The van der Waals surface area contributed by atoms with Crippen molar-refractivity contribution in [2.75, 3.05) is 14.2 Å². The third-order valence-electron chi connectivity index (χ3n) is 5.52. The quantitative estimate of drug-likeness (QED) is 0.706. The summed E-state index contributed by atoms with van der Waals surface area (Å²) in [6.45, 7) is 3.89. The maximum absolute atomic E-state index is 12.9. The number of hydrogen-bond acceptors (Lipinski definition) is 4. The molecule has 0 aromatic heterocycles. The maximum atomic E-state index is 12.9. The molecule has 1 N–H and O–H groups in total. The van der Waals surface area contributed by atoms with Gasteiger partial charge in [0.2, 0.25) is 0 Å². The standard InChI is InChI=1S/C24H31NO4/c1-5-22(29-20-11-10-17-8-6-7-9-18(17)14-20)24(26)25-16(2)21-15-19(27-3)12-13-23(21)28-4/h10-16,22H,5-9H2,1-4H3,(H,25,26). The summed E-state index contributed by atoms with van der Waals surface area (Å²) in [7, 11) is 3.24. The number of rotatable bonds is 8. The SMILES string of the molecule is CCC(Oc1ccc2c(c1)CCCC2)C(=O)NC(C)c1cc(OC)ccc1OC. The molecule has 5 nitrogen and oxygen atoms in total. The van der Waals surface area contributed by atoms with Gasteiger partial charge in [0.1, 0.15) is 17.2 Å². The van der Waals surface area contributed by atoms with Crippen molar-refractivity contribution >= 4 is 5.91 Å². The largest absolute Gasteiger partial charge is 0.497 e. The first-order valence-electron chi connectivity index (χ1n) is 10.4. The van der Waals surface area contributed by atoms with Crippen molar-refractivity contribution in [3.05, 3.63) is 53.1 Å². The van der Waals surface area contributed by atoms with Crippen LogP contribution < -0.4 is 19.5 Å². The van der Waals surface area contributed by atoms with Crippen LogP contribution in [0.3, 0.4) is 0 Å². The van der Waals surface area contributed by atoms with Crippen LogP contribution >= 0.6 is 0 Å². The smallest absolute Gasteiger partial charge is 0.261 e. The highest BCUT2D eigenvalue weighted by Crippen LogP contribution is 2.30. The molecule has 1 aliphatic carbocycles. The Morgan fingerprint density at radius 2 is 1.72 bits per heavy atom. The summed E-state index contributed by atoms with van der Waals surface area (Å²) in [5.41, 5.74) is 3.61. The van der Waals surface area contributed by atoms with E-state index in [2.05, 4.69) is 17.4 Å². The number of methoxy groups -OCH3 is 2. The number of hydrogen-bond donors (Lipinski definition) is 1. The molecule has 1 aliphatic rings. The Labute approximate surface area is 173 Å². The number of carbonyl (C=O) groups excluding carboxylic acids is 1. The van der Waals surface area contributed by atoms with E-state index in [1.807, 2.05) is 38.1 Å². The predicted octanol–water partition coefficient (Wildman–Crippen LogP) is 4.62. The van der Waals surface area contributed by atoms with Crippen LogP contribution in [0.15, 0.2) is 36.4 Å². The van der Waals surface area contributed by atoms with Crippen LogP contribution in [0.4, 0.5) is 0 Å². The Balaban J connectivity index is 1.70. The zero-order valence-electron chi connectivity index (χ0n) is 17.8. The van der Waals surface area contributed by atoms with Gasteiger partial charge in [-0.15, -0.1) is 0 Å². The van der Waals surface area contributed by atoms with Crippen molar-refractivity contribution in [3.63, 3.8) is 0 Å². The van der Waals surface area contributed by atoms with Crippen LogP contribution in [-0.2, 0) is 17.6 Å². The van der Waals surface area contributed by atoms with Crippen molar-refractivity contribution in [2.24, 2.45) is 0 Å². The number of benzene rings is 2. The minimum atomic E-state index is -0.546. The molecular formula is C24H31NO4. The van der Waals surface area contributed by atoms with Gasteiger partial charge >= 0.3 is 0 Å². The van der Waals surface area contributed by atoms with Crippen LogP contribution in [0.25, 0.3) is 0 Å². The van der Waals surface area contributed by atoms with Crippen LogP contribution in [-0.4, -0.2) is 26.2 Å². The maximum Gasteiger partial charge on any atom is 0.261 e. The lowest BCUT2D eigenvalue weighted by Gasteiger charge is -2.23. The van der Waals surface area contributed by atoms with Crippen molar-refractivity contribution < 1.29 is 19.0 Å². The van der Waals surface area contributed by atoms with Gasteiger partial charge in [-0.3, -0.25) is 4.79 Å². The number of nitrogens with one attached hydrogen (secondary N) is 1. The number of fused-ring (bicyclic) bond motifs is 1. The van der Waals surface area contributed by atoms with E-state index >= 15 is 0 Å². The van der Waals surface area contributed by atoms with Gasteiger partial charge in [-0.2, -0.15) is 0 Å². The molecule has 3 rings (SSSR count). The fraction of sp³-hybridized carbons (Fsp3) is 0.458. The molecule has 5 heteroatoms. The van der Waals surface area contributed by atoms with E-state index < -0.39 is 6.10 Å². The van der Waals surface area contributed by atoms with E-state index in [0.717, 1.165) is 29.9 Å². The molecule has 0 aliphatic heterocycles. The predicted molar refractivity (Wildman–Crippen MR) is 114 cm³/mol. The fourth-order valence-corrected chi connectivity index (χ4v) is 3.83. The molecule has 0 radical (unpaired) electrons.